The first kappa shape index (κ1) is 12.2. The van der Waals surface area contributed by atoms with Crippen molar-refractivity contribution in [3.05, 3.63) is 24.2 Å². The van der Waals surface area contributed by atoms with Crippen LogP contribution in [0.15, 0.2) is 22.8 Å². The van der Waals surface area contributed by atoms with E-state index in [0.717, 1.165) is 25.3 Å². The minimum Gasteiger partial charge on any atom is -0.469 e. The molecule has 0 radical (unpaired) electrons. The van der Waals surface area contributed by atoms with Gasteiger partial charge in [-0.15, -0.1) is 0 Å². The van der Waals surface area contributed by atoms with Gasteiger partial charge in [-0.1, -0.05) is 6.92 Å². The van der Waals surface area contributed by atoms with Crippen LogP contribution < -0.4 is 10.6 Å². The van der Waals surface area contributed by atoms with E-state index < -0.39 is 0 Å². The van der Waals surface area contributed by atoms with Gasteiger partial charge in [0.15, 0.2) is 0 Å². The maximum atomic E-state index is 12.0. The summed E-state index contributed by atoms with van der Waals surface area (Å²) in [5, 5.41) is 6.29. The Balaban J connectivity index is 1.82. The Morgan fingerprint density at radius 2 is 2.47 bits per heavy atom. The van der Waals surface area contributed by atoms with Crippen molar-refractivity contribution >= 4 is 5.91 Å². The Bertz CT molecular complexity index is 362. The second kappa shape index (κ2) is 5.36. The van der Waals surface area contributed by atoms with Gasteiger partial charge in [-0.05, 0) is 31.5 Å². The first-order valence-corrected chi connectivity index (χ1v) is 6.20. The molecule has 94 valence electrons. The van der Waals surface area contributed by atoms with E-state index in [1.807, 2.05) is 19.1 Å². The number of carbonyl (C=O) groups excluding carboxylic acids is 1. The highest BCUT2D eigenvalue weighted by atomic mass is 16.3. The molecule has 3 unspecified atom stereocenters. The minimum atomic E-state index is 0.106. The Labute approximate surface area is 102 Å². The van der Waals surface area contributed by atoms with Crippen molar-refractivity contribution in [3.63, 3.8) is 0 Å². The molecule has 1 fully saturated rings. The summed E-state index contributed by atoms with van der Waals surface area (Å²) in [6, 6.07) is 3.91. The number of amides is 1. The SMILES string of the molecule is CC(Cc1ccco1)NC(=O)C1CNCC1C. The van der Waals surface area contributed by atoms with E-state index in [-0.39, 0.29) is 17.9 Å². The first-order valence-electron chi connectivity index (χ1n) is 6.20. The monoisotopic (exact) mass is 236 g/mol. The summed E-state index contributed by atoms with van der Waals surface area (Å²) < 4.78 is 5.27. The van der Waals surface area contributed by atoms with Crippen LogP contribution in [0.2, 0.25) is 0 Å². The molecule has 2 heterocycles. The van der Waals surface area contributed by atoms with E-state index in [1.54, 1.807) is 6.26 Å². The van der Waals surface area contributed by atoms with Crippen molar-refractivity contribution in [2.75, 3.05) is 13.1 Å². The number of hydrogen-bond donors (Lipinski definition) is 2. The molecule has 1 aliphatic heterocycles. The Kier molecular flexibility index (Phi) is 3.84. The zero-order valence-electron chi connectivity index (χ0n) is 10.4. The van der Waals surface area contributed by atoms with Gasteiger partial charge in [0.25, 0.3) is 0 Å². The summed E-state index contributed by atoms with van der Waals surface area (Å²) in [6.07, 6.45) is 2.40. The van der Waals surface area contributed by atoms with Crippen molar-refractivity contribution in [3.8, 4) is 0 Å². The van der Waals surface area contributed by atoms with E-state index in [9.17, 15) is 4.79 Å². The smallest absolute Gasteiger partial charge is 0.224 e. The fourth-order valence-electron chi connectivity index (χ4n) is 2.29. The molecule has 4 nitrogen and oxygen atoms in total. The van der Waals surface area contributed by atoms with Crippen LogP contribution in [-0.2, 0) is 11.2 Å². The van der Waals surface area contributed by atoms with Crippen LogP contribution in [0.5, 0.6) is 0 Å². The highest BCUT2D eigenvalue weighted by Crippen LogP contribution is 2.16. The molecule has 0 spiro atoms. The zero-order valence-corrected chi connectivity index (χ0v) is 10.4. The Morgan fingerprint density at radius 3 is 3.06 bits per heavy atom. The van der Waals surface area contributed by atoms with Crippen LogP contribution in [0.1, 0.15) is 19.6 Å². The van der Waals surface area contributed by atoms with E-state index in [2.05, 4.69) is 17.6 Å². The predicted octanol–water partition coefficient (Wildman–Crippen LogP) is 1.18. The van der Waals surface area contributed by atoms with E-state index in [4.69, 9.17) is 4.42 Å². The molecule has 0 aromatic carbocycles. The lowest BCUT2D eigenvalue weighted by molar-refractivity contribution is -0.126. The number of rotatable bonds is 4. The Hall–Kier alpha value is -1.29. The topological polar surface area (TPSA) is 54.3 Å². The molecule has 1 saturated heterocycles. The van der Waals surface area contributed by atoms with Gasteiger partial charge in [0, 0.05) is 19.0 Å². The second-order valence-corrected chi connectivity index (χ2v) is 4.94. The molecule has 0 saturated carbocycles. The van der Waals surface area contributed by atoms with Crippen LogP contribution in [0.3, 0.4) is 0 Å². The van der Waals surface area contributed by atoms with Crippen LogP contribution in [0, 0.1) is 11.8 Å². The van der Waals surface area contributed by atoms with Crippen molar-refractivity contribution in [1.29, 1.82) is 0 Å². The molecule has 17 heavy (non-hydrogen) atoms. The van der Waals surface area contributed by atoms with Crippen LogP contribution >= 0.6 is 0 Å². The second-order valence-electron chi connectivity index (χ2n) is 4.94. The first-order chi connectivity index (χ1) is 8.16. The average molecular weight is 236 g/mol. The average Bonchev–Trinajstić information content (AvgIpc) is 2.88. The molecule has 4 heteroatoms. The largest absolute Gasteiger partial charge is 0.469 e. The third kappa shape index (κ3) is 3.09. The maximum absolute atomic E-state index is 12.0. The van der Waals surface area contributed by atoms with E-state index in [0.29, 0.717) is 5.92 Å². The third-order valence-electron chi connectivity index (χ3n) is 3.33. The molecular weight excluding hydrogens is 216 g/mol. The summed E-state index contributed by atoms with van der Waals surface area (Å²) >= 11 is 0. The summed E-state index contributed by atoms with van der Waals surface area (Å²) in [5.41, 5.74) is 0. The van der Waals surface area contributed by atoms with Crippen LogP contribution in [-0.4, -0.2) is 25.0 Å². The van der Waals surface area contributed by atoms with Crippen molar-refractivity contribution in [1.82, 2.24) is 10.6 Å². The Morgan fingerprint density at radius 1 is 1.65 bits per heavy atom. The lowest BCUT2D eigenvalue weighted by atomic mass is 9.97. The van der Waals surface area contributed by atoms with Gasteiger partial charge in [-0.25, -0.2) is 0 Å². The van der Waals surface area contributed by atoms with E-state index >= 15 is 0 Å². The molecule has 1 amide bonds. The highest BCUT2D eigenvalue weighted by Gasteiger charge is 2.30. The lowest BCUT2D eigenvalue weighted by Crippen LogP contribution is -2.40. The van der Waals surface area contributed by atoms with Gasteiger partial charge in [-0.3, -0.25) is 4.79 Å². The number of furan rings is 1. The summed E-state index contributed by atoms with van der Waals surface area (Å²) in [6.45, 7) is 5.85. The summed E-state index contributed by atoms with van der Waals surface area (Å²) in [4.78, 5) is 12.0. The fraction of sp³-hybridized carbons (Fsp3) is 0.615. The molecule has 3 atom stereocenters. The summed E-state index contributed by atoms with van der Waals surface area (Å²) in [7, 11) is 0. The molecule has 2 rings (SSSR count). The number of nitrogens with one attached hydrogen (secondary N) is 2. The van der Waals surface area contributed by atoms with Gasteiger partial charge in [0.05, 0.1) is 12.2 Å². The summed E-state index contributed by atoms with van der Waals surface area (Å²) in [5.74, 6) is 1.59. The van der Waals surface area contributed by atoms with Crippen LogP contribution in [0.25, 0.3) is 0 Å². The molecule has 1 aliphatic rings. The number of hydrogen-bond acceptors (Lipinski definition) is 3. The van der Waals surface area contributed by atoms with Crippen molar-refractivity contribution < 1.29 is 9.21 Å². The van der Waals surface area contributed by atoms with Gasteiger partial charge in [-0.2, -0.15) is 0 Å². The molecular formula is C13H20N2O2. The minimum absolute atomic E-state index is 0.106. The molecule has 0 aliphatic carbocycles. The van der Waals surface area contributed by atoms with Gasteiger partial charge < -0.3 is 15.1 Å². The molecule has 2 N–H and O–H groups in total. The molecule has 1 aromatic heterocycles. The standard InChI is InChI=1S/C13H20N2O2/c1-9-7-14-8-12(9)13(16)15-10(2)6-11-4-3-5-17-11/h3-5,9-10,12,14H,6-8H2,1-2H3,(H,15,16). The maximum Gasteiger partial charge on any atom is 0.224 e. The molecule has 0 bridgehead atoms. The normalized spacial score (nSPS) is 25.8. The fourth-order valence-corrected chi connectivity index (χ4v) is 2.29. The molecule has 1 aromatic rings. The quantitative estimate of drug-likeness (QED) is 0.825. The van der Waals surface area contributed by atoms with Crippen LogP contribution in [0.4, 0.5) is 0 Å². The van der Waals surface area contributed by atoms with Gasteiger partial charge >= 0.3 is 0 Å². The van der Waals surface area contributed by atoms with Crippen molar-refractivity contribution in [2.45, 2.75) is 26.3 Å². The zero-order chi connectivity index (χ0) is 12.3. The third-order valence-corrected chi connectivity index (χ3v) is 3.33. The van der Waals surface area contributed by atoms with Gasteiger partial charge in [0.1, 0.15) is 5.76 Å². The lowest BCUT2D eigenvalue weighted by Gasteiger charge is -2.18. The van der Waals surface area contributed by atoms with E-state index in [1.165, 1.54) is 0 Å². The van der Waals surface area contributed by atoms with Gasteiger partial charge in [0.2, 0.25) is 5.91 Å². The highest BCUT2D eigenvalue weighted by molar-refractivity contribution is 5.79. The predicted molar refractivity (Wildman–Crippen MR) is 65.5 cm³/mol. The number of carbonyl (C=O) groups is 1. The van der Waals surface area contributed by atoms with Crippen molar-refractivity contribution in [2.24, 2.45) is 11.8 Å².